The quantitative estimate of drug-likeness (QED) is 0.813. The molecule has 0 bridgehead atoms. The van der Waals surface area contributed by atoms with E-state index >= 15 is 0 Å². The van der Waals surface area contributed by atoms with Gasteiger partial charge in [0.05, 0.1) is 5.02 Å². The maximum Gasteiger partial charge on any atom is 0.134 e. The number of ether oxygens (including phenoxy) is 1. The molecule has 1 saturated heterocycles. The van der Waals surface area contributed by atoms with Crippen molar-refractivity contribution in [1.82, 2.24) is 4.90 Å². The zero-order valence-electron chi connectivity index (χ0n) is 12.1. The van der Waals surface area contributed by atoms with Crippen molar-refractivity contribution in [3.8, 4) is 5.75 Å². The summed E-state index contributed by atoms with van der Waals surface area (Å²) in [6.07, 6.45) is 5.00. The maximum absolute atomic E-state index is 9.45. The van der Waals surface area contributed by atoms with Crippen molar-refractivity contribution in [2.75, 3.05) is 26.8 Å². The topological polar surface area (TPSA) is 32.7 Å². The molecule has 0 spiro atoms. The average Bonchev–Trinajstić information content (AvgIpc) is 2.44. The molecule has 1 atom stereocenters. The second-order valence-electron chi connectivity index (χ2n) is 5.66. The molecule has 1 aromatic carbocycles. The lowest BCUT2D eigenvalue weighted by Crippen LogP contribution is -2.35. The van der Waals surface area contributed by atoms with Gasteiger partial charge in [0.1, 0.15) is 5.75 Å². The molecule has 0 aliphatic carbocycles. The summed E-state index contributed by atoms with van der Waals surface area (Å²) >= 11 is 5.96. The van der Waals surface area contributed by atoms with Gasteiger partial charge < -0.3 is 9.84 Å². The van der Waals surface area contributed by atoms with Crippen LogP contribution in [0.2, 0.25) is 5.02 Å². The molecular formula is C16H24ClNO2. The van der Waals surface area contributed by atoms with Crippen LogP contribution >= 0.6 is 11.6 Å². The summed E-state index contributed by atoms with van der Waals surface area (Å²) in [5, 5.41) is 9.90. The Morgan fingerprint density at radius 3 is 3.05 bits per heavy atom. The third kappa shape index (κ3) is 4.65. The summed E-state index contributed by atoms with van der Waals surface area (Å²) in [7, 11) is 1.77. The van der Waals surface area contributed by atoms with Crippen LogP contribution in [0.15, 0.2) is 18.2 Å². The van der Waals surface area contributed by atoms with E-state index in [0.29, 0.717) is 5.02 Å². The number of hydrogen-bond donors (Lipinski definition) is 1. The van der Waals surface area contributed by atoms with Crippen LogP contribution in [0.4, 0.5) is 0 Å². The molecule has 3 nitrogen and oxygen atoms in total. The van der Waals surface area contributed by atoms with Crippen molar-refractivity contribution in [3.05, 3.63) is 28.8 Å². The average molecular weight is 298 g/mol. The Morgan fingerprint density at radius 1 is 1.45 bits per heavy atom. The minimum absolute atomic E-state index is 0.159. The SMILES string of the molecule is COCCC[C@@H]1CCCN(Cc2ccc(O)c(Cl)c2)C1. The van der Waals surface area contributed by atoms with Gasteiger partial charge in [-0.1, -0.05) is 17.7 Å². The van der Waals surface area contributed by atoms with Gasteiger partial charge in [-0.25, -0.2) is 0 Å². The number of phenols is 1. The zero-order chi connectivity index (χ0) is 14.4. The molecule has 1 aliphatic rings. The minimum atomic E-state index is 0.159. The largest absolute Gasteiger partial charge is 0.506 e. The minimum Gasteiger partial charge on any atom is -0.506 e. The molecule has 4 heteroatoms. The number of nitrogens with zero attached hydrogens (tertiary/aromatic N) is 1. The van der Waals surface area contributed by atoms with Gasteiger partial charge >= 0.3 is 0 Å². The smallest absolute Gasteiger partial charge is 0.134 e. The van der Waals surface area contributed by atoms with Crippen LogP contribution in [0.5, 0.6) is 5.75 Å². The van der Waals surface area contributed by atoms with Crippen LogP contribution in [-0.2, 0) is 11.3 Å². The summed E-state index contributed by atoms with van der Waals surface area (Å²) in [6.45, 7) is 4.09. The van der Waals surface area contributed by atoms with Gasteiger partial charge in [0, 0.05) is 26.8 Å². The van der Waals surface area contributed by atoms with Gasteiger partial charge in [0.15, 0.2) is 0 Å². The van der Waals surface area contributed by atoms with Crippen molar-refractivity contribution in [2.24, 2.45) is 5.92 Å². The molecule has 1 fully saturated rings. The number of methoxy groups -OCH3 is 1. The molecular weight excluding hydrogens is 274 g/mol. The van der Waals surface area contributed by atoms with Crippen LogP contribution in [0.3, 0.4) is 0 Å². The molecule has 0 aromatic heterocycles. The van der Waals surface area contributed by atoms with Gasteiger partial charge in [0.2, 0.25) is 0 Å². The van der Waals surface area contributed by atoms with Crippen LogP contribution < -0.4 is 0 Å². The molecule has 1 N–H and O–H groups in total. The lowest BCUT2D eigenvalue weighted by molar-refractivity contribution is 0.142. The zero-order valence-corrected chi connectivity index (χ0v) is 12.9. The molecule has 112 valence electrons. The van der Waals surface area contributed by atoms with E-state index < -0.39 is 0 Å². The Kier molecular flexibility index (Phi) is 6.14. The number of rotatable bonds is 6. The predicted molar refractivity (Wildman–Crippen MR) is 82.2 cm³/mol. The number of benzene rings is 1. The summed E-state index contributed by atoms with van der Waals surface area (Å²) in [4.78, 5) is 2.49. The Balaban J connectivity index is 1.84. The first-order valence-electron chi connectivity index (χ1n) is 7.37. The molecule has 2 rings (SSSR count). The van der Waals surface area contributed by atoms with E-state index in [2.05, 4.69) is 4.90 Å². The highest BCUT2D eigenvalue weighted by Gasteiger charge is 2.19. The molecule has 1 aromatic rings. The Bertz CT molecular complexity index is 425. The fourth-order valence-electron chi connectivity index (χ4n) is 2.95. The van der Waals surface area contributed by atoms with Crippen molar-refractivity contribution in [1.29, 1.82) is 0 Å². The standard InChI is InChI=1S/C16H24ClNO2/c1-20-9-3-5-13-4-2-8-18(11-13)12-14-6-7-16(19)15(17)10-14/h6-7,10,13,19H,2-5,8-9,11-12H2,1H3/t13-/m0/s1. The first-order valence-corrected chi connectivity index (χ1v) is 7.75. The van der Waals surface area contributed by atoms with Crippen molar-refractivity contribution < 1.29 is 9.84 Å². The molecule has 0 saturated carbocycles. The highest BCUT2D eigenvalue weighted by molar-refractivity contribution is 6.32. The predicted octanol–water partition coefficient (Wildman–Crippen LogP) is 3.68. The van der Waals surface area contributed by atoms with Crippen molar-refractivity contribution >= 4 is 11.6 Å². The number of likely N-dealkylation sites (tertiary alicyclic amines) is 1. The number of aromatic hydroxyl groups is 1. The van der Waals surface area contributed by atoms with Gasteiger partial charge in [0.25, 0.3) is 0 Å². The monoisotopic (exact) mass is 297 g/mol. The normalized spacial score (nSPS) is 20.2. The van der Waals surface area contributed by atoms with Gasteiger partial charge in [-0.3, -0.25) is 4.90 Å². The lowest BCUT2D eigenvalue weighted by atomic mass is 9.93. The first kappa shape index (κ1) is 15.6. The summed E-state index contributed by atoms with van der Waals surface area (Å²) in [5.41, 5.74) is 1.17. The lowest BCUT2D eigenvalue weighted by Gasteiger charge is -2.32. The molecule has 0 unspecified atom stereocenters. The Labute approximate surface area is 126 Å². The summed E-state index contributed by atoms with van der Waals surface area (Å²) in [6, 6.07) is 5.50. The van der Waals surface area contributed by atoms with E-state index in [1.807, 2.05) is 12.1 Å². The second-order valence-corrected chi connectivity index (χ2v) is 6.07. The third-order valence-corrected chi connectivity index (χ3v) is 4.28. The van der Waals surface area contributed by atoms with E-state index in [0.717, 1.165) is 38.6 Å². The first-order chi connectivity index (χ1) is 9.69. The third-order valence-electron chi connectivity index (χ3n) is 3.98. The van der Waals surface area contributed by atoms with Crippen LogP contribution in [0.25, 0.3) is 0 Å². The number of halogens is 1. The molecule has 20 heavy (non-hydrogen) atoms. The van der Waals surface area contributed by atoms with Gasteiger partial charge in [-0.05, 0) is 55.8 Å². The molecule has 1 heterocycles. The van der Waals surface area contributed by atoms with E-state index in [1.54, 1.807) is 13.2 Å². The summed E-state index contributed by atoms with van der Waals surface area (Å²) in [5.74, 6) is 0.943. The van der Waals surface area contributed by atoms with Crippen LogP contribution in [-0.4, -0.2) is 36.8 Å². The van der Waals surface area contributed by atoms with Crippen LogP contribution in [0.1, 0.15) is 31.2 Å². The van der Waals surface area contributed by atoms with E-state index in [4.69, 9.17) is 16.3 Å². The van der Waals surface area contributed by atoms with Crippen LogP contribution in [0, 0.1) is 5.92 Å². The van der Waals surface area contributed by atoms with Gasteiger partial charge in [-0.2, -0.15) is 0 Å². The Hall–Kier alpha value is -0.770. The number of piperidine rings is 1. The van der Waals surface area contributed by atoms with E-state index in [1.165, 1.54) is 24.8 Å². The van der Waals surface area contributed by atoms with E-state index in [-0.39, 0.29) is 5.75 Å². The molecule has 0 amide bonds. The number of phenolic OH excluding ortho intramolecular Hbond substituents is 1. The fourth-order valence-corrected chi connectivity index (χ4v) is 3.16. The number of hydrogen-bond acceptors (Lipinski definition) is 3. The fraction of sp³-hybridized carbons (Fsp3) is 0.625. The van der Waals surface area contributed by atoms with Crippen molar-refractivity contribution in [2.45, 2.75) is 32.2 Å². The second kappa shape index (κ2) is 7.87. The van der Waals surface area contributed by atoms with E-state index in [9.17, 15) is 5.11 Å². The highest BCUT2D eigenvalue weighted by atomic mass is 35.5. The maximum atomic E-state index is 9.45. The molecule has 1 aliphatic heterocycles. The Morgan fingerprint density at radius 2 is 2.30 bits per heavy atom. The molecule has 0 radical (unpaired) electrons. The highest BCUT2D eigenvalue weighted by Crippen LogP contribution is 2.26. The van der Waals surface area contributed by atoms with Crippen molar-refractivity contribution in [3.63, 3.8) is 0 Å². The van der Waals surface area contributed by atoms with Gasteiger partial charge in [-0.15, -0.1) is 0 Å². The summed E-state index contributed by atoms with van der Waals surface area (Å²) < 4.78 is 5.13.